The van der Waals surface area contributed by atoms with E-state index in [0.29, 0.717) is 6.04 Å². The quantitative estimate of drug-likeness (QED) is 0.714. The fourth-order valence-electron chi connectivity index (χ4n) is 2.63. The molecule has 0 aliphatic carbocycles. The van der Waals surface area contributed by atoms with Gasteiger partial charge in [-0.2, -0.15) is 5.10 Å². The molecular formula is C14H13BrN6. The molecule has 106 valence electrons. The Morgan fingerprint density at radius 3 is 2.86 bits per heavy atom. The van der Waals surface area contributed by atoms with Gasteiger partial charge in [0.1, 0.15) is 11.6 Å². The van der Waals surface area contributed by atoms with Crippen LogP contribution in [0.5, 0.6) is 0 Å². The van der Waals surface area contributed by atoms with Crippen LogP contribution in [0.4, 0.5) is 5.82 Å². The van der Waals surface area contributed by atoms with Crippen LogP contribution in [0.3, 0.4) is 0 Å². The van der Waals surface area contributed by atoms with Crippen LogP contribution in [-0.2, 0) is 0 Å². The van der Waals surface area contributed by atoms with E-state index in [2.05, 4.69) is 40.9 Å². The van der Waals surface area contributed by atoms with Crippen molar-refractivity contribution in [3.05, 3.63) is 41.2 Å². The van der Waals surface area contributed by atoms with E-state index >= 15 is 0 Å². The van der Waals surface area contributed by atoms with Crippen LogP contribution in [0.25, 0.3) is 10.9 Å². The summed E-state index contributed by atoms with van der Waals surface area (Å²) in [7, 11) is 0. The highest BCUT2D eigenvalue weighted by molar-refractivity contribution is 9.10. The van der Waals surface area contributed by atoms with E-state index in [9.17, 15) is 0 Å². The minimum atomic E-state index is 0.392. The zero-order valence-corrected chi connectivity index (χ0v) is 13.0. The molecule has 1 saturated heterocycles. The Hall–Kier alpha value is -2.02. The van der Waals surface area contributed by atoms with E-state index < -0.39 is 0 Å². The molecule has 0 saturated carbocycles. The van der Waals surface area contributed by atoms with Crippen LogP contribution in [0.15, 0.2) is 35.3 Å². The van der Waals surface area contributed by atoms with Crippen molar-refractivity contribution in [3.8, 4) is 0 Å². The molecule has 4 heterocycles. The van der Waals surface area contributed by atoms with Crippen LogP contribution in [-0.4, -0.2) is 37.8 Å². The van der Waals surface area contributed by atoms with Crippen molar-refractivity contribution in [1.29, 1.82) is 0 Å². The highest BCUT2D eigenvalue weighted by Crippen LogP contribution is 2.31. The first-order chi connectivity index (χ1) is 10.2. The average Bonchev–Trinajstić information content (AvgIpc) is 2.83. The standard InChI is InChI=1S/C14H13BrN6/c1-9-18-13-5-16-3-2-12(13)14(19-9)20-7-11(8-20)21-6-10(15)4-17-21/h2-6,11H,7-8H2,1H3. The number of rotatable bonds is 2. The Labute approximate surface area is 130 Å². The third-order valence-corrected chi connectivity index (χ3v) is 4.11. The lowest BCUT2D eigenvalue weighted by Gasteiger charge is -2.40. The van der Waals surface area contributed by atoms with Crippen LogP contribution in [0.1, 0.15) is 11.9 Å². The molecule has 1 fully saturated rings. The molecule has 21 heavy (non-hydrogen) atoms. The van der Waals surface area contributed by atoms with Crippen molar-refractivity contribution in [1.82, 2.24) is 24.7 Å². The molecule has 7 heteroatoms. The lowest BCUT2D eigenvalue weighted by Crippen LogP contribution is -2.48. The molecule has 0 atom stereocenters. The maximum Gasteiger partial charge on any atom is 0.140 e. The summed E-state index contributed by atoms with van der Waals surface area (Å²) in [4.78, 5) is 15.4. The normalized spacial score (nSPS) is 15.4. The second-order valence-electron chi connectivity index (χ2n) is 5.18. The molecule has 0 radical (unpaired) electrons. The van der Waals surface area contributed by atoms with Gasteiger partial charge in [-0.1, -0.05) is 0 Å². The predicted octanol–water partition coefficient (Wildman–Crippen LogP) is 2.35. The summed E-state index contributed by atoms with van der Waals surface area (Å²) in [5, 5.41) is 5.40. The first-order valence-electron chi connectivity index (χ1n) is 6.73. The number of pyridine rings is 1. The molecule has 3 aromatic heterocycles. The van der Waals surface area contributed by atoms with Gasteiger partial charge in [0.15, 0.2) is 0 Å². The van der Waals surface area contributed by atoms with Gasteiger partial charge in [0.25, 0.3) is 0 Å². The second kappa shape index (κ2) is 4.77. The summed E-state index contributed by atoms with van der Waals surface area (Å²) in [6, 6.07) is 2.37. The molecular weight excluding hydrogens is 332 g/mol. The molecule has 0 spiro atoms. The number of aromatic nitrogens is 5. The molecule has 6 nitrogen and oxygen atoms in total. The first kappa shape index (κ1) is 12.7. The number of hydrogen-bond acceptors (Lipinski definition) is 5. The number of fused-ring (bicyclic) bond motifs is 1. The van der Waals surface area contributed by atoms with Gasteiger partial charge in [0.2, 0.25) is 0 Å². The molecule has 1 aliphatic heterocycles. The molecule has 0 bridgehead atoms. The lowest BCUT2D eigenvalue weighted by molar-refractivity contribution is 0.366. The zero-order valence-electron chi connectivity index (χ0n) is 11.4. The van der Waals surface area contributed by atoms with Gasteiger partial charge in [0.05, 0.1) is 28.4 Å². The SMILES string of the molecule is Cc1nc(N2CC(n3cc(Br)cn3)C2)c2ccncc2n1. The van der Waals surface area contributed by atoms with E-state index in [1.165, 1.54) is 0 Å². The third-order valence-electron chi connectivity index (χ3n) is 3.70. The van der Waals surface area contributed by atoms with Crippen LogP contribution in [0.2, 0.25) is 0 Å². The van der Waals surface area contributed by atoms with E-state index in [0.717, 1.165) is 40.1 Å². The fraction of sp³-hybridized carbons (Fsp3) is 0.286. The molecule has 1 aliphatic rings. The summed E-state index contributed by atoms with van der Waals surface area (Å²) < 4.78 is 3.01. The van der Waals surface area contributed by atoms with Crippen LogP contribution in [0, 0.1) is 6.92 Å². The van der Waals surface area contributed by atoms with Crippen molar-refractivity contribution >= 4 is 32.7 Å². The maximum atomic E-state index is 4.60. The highest BCUT2D eigenvalue weighted by atomic mass is 79.9. The smallest absolute Gasteiger partial charge is 0.140 e. The molecule has 0 unspecified atom stereocenters. The number of hydrogen-bond donors (Lipinski definition) is 0. The highest BCUT2D eigenvalue weighted by Gasteiger charge is 2.31. The Bertz CT molecular complexity index is 808. The summed E-state index contributed by atoms with van der Waals surface area (Å²) in [6.07, 6.45) is 7.40. The number of nitrogens with zero attached hydrogens (tertiary/aromatic N) is 6. The molecule has 4 rings (SSSR count). The van der Waals surface area contributed by atoms with E-state index in [1.807, 2.05) is 30.1 Å². The topological polar surface area (TPSA) is 59.7 Å². The van der Waals surface area contributed by atoms with Gasteiger partial charge in [0, 0.05) is 30.9 Å². The van der Waals surface area contributed by atoms with Gasteiger partial charge in [-0.3, -0.25) is 9.67 Å². The number of halogens is 1. The fourth-order valence-corrected chi connectivity index (χ4v) is 2.93. The molecule has 0 amide bonds. The van der Waals surface area contributed by atoms with Crippen LogP contribution >= 0.6 is 15.9 Å². The molecule has 3 aromatic rings. The Balaban J connectivity index is 1.64. The number of anilines is 1. The van der Waals surface area contributed by atoms with E-state index in [-0.39, 0.29) is 0 Å². The van der Waals surface area contributed by atoms with Crippen molar-refractivity contribution in [2.75, 3.05) is 18.0 Å². The van der Waals surface area contributed by atoms with Crippen LogP contribution < -0.4 is 4.90 Å². The van der Waals surface area contributed by atoms with E-state index in [4.69, 9.17) is 0 Å². The third kappa shape index (κ3) is 2.17. The summed E-state index contributed by atoms with van der Waals surface area (Å²) in [6.45, 7) is 3.72. The summed E-state index contributed by atoms with van der Waals surface area (Å²) in [5.74, 6) is 1.76. The summed E-state index contributed by atoms with van der Waals surface area (Å²) in [5.41, 5.74) is 0.894. The van der Waals surface area contributed by atoms with Crippen molar-refractivity contribution in [3.63, 3.8) is 0 Å². The first-order valence-corrected chi connectivity index (χ1v) is 7.53. The van der Waals surface area contributed by atoms with Gasteiger partial charge in [-0.05, 0) is 28.9 Å². The zero-order chi connectivity index (χ0) is 14.4. The lowest BCUT2D eigenvalue weighted by atomic mass is 10.1. The Morgan fingerprint density at radius 1 is 1.24 bits per heavy atom. The van der Waals surface area contributed by atoms with Crippen molar-refractivity contribution in [2.45, 2.75) is 13.0 Å². The molecule has 0 N–H and O–H groups in total. The monoisotopic (exact) mass is 344 g/mol. The minimum absolute atomic E-state index is 0.392. The van der Waals surface area contributed by atoms with Gasteiger partial charge >= 0.3 is 0 Å². The predicted molar refractivity (Wildman–Crippen MR) is 83.2 cm³/mol. The maximum absolute atomic E-state index is 4.60. The largest absolute Gasteiger partial charge is 0.352 e. The average molecular weight is 345 g/mol. The van der Waals surface area contributed by atoms with Crippen molar-refractivity contribution < 1.29 is 0 Å². The summed E-state index contributed by atoms with van der Waals surface area (Å²) >= 11 is 3.43. The Morgan fingerprint density at radius 2 is 2.10 bits per heavy atom. The van der Waals surface area contributed by atoms with Gasteiger partial charge in [-0.25, -0.2) is 9.97 Å². The van der Waals surface area contributed by atoms with Crippen molar-refractivity contribution in [2.24, 2.45) is 0 Å². The molecule has 0 aromatic carbocycles. The number of aryl methyl sites for hydroxylation is 1. The minimum Gasteiger partial charge on any atom is -0.352 e. The van der Waals surface area contributed by atoms with Gasteiger partial charge in [-0.15, -0.1) is 0 Å². The van der Waals surface area contributed by atoms with Gasteiger partial charge < -0.3 is 4.90 Å². The Kier molecular flexibility index (Phi) is 2.88. The second-order valence-corrected chi connectivity index (χ2v) is 6.10. The van der Waals surface area contributed by atoms with E-state index in [1.54, 1.807) is 12.4 Å².